The van der Waals surface area contributed by atoms with E-state index in [1.807, 2.05) is 25.1 Å². The van der Waals surface area contributed by atoms with Crippen LogP contribution in [0.3, 0.4) is 0 Å². The molecule has 0 unspecified atom stereocenters. The number of hydrazone groups is 1. The fourth-order valence-electron chi connectivity index (χ4n) is 2.10. The zero-order chi connectivity index (χ0) is 18.1. The number of benzene rings is 2. The molecule has 0 atom stereocenters. The van der Waals surface area contributed by atoms with Gasteiger partial charge in [0.15, 0.2) is 16.6 Å². The Morgan fingerprint density at radius 2 is 1.92 bits per heavy atom. The number of hydrogen-bond acceptors (Lipinski definition) is 4. The van der Waals surface area contributed by atoms with Crippen molar-refractivity contribution in [1.82, 2.24) is 10.7 Å². The summed E-state index contributed by atoms with van der Waals surface area (Å²) in [5, 5.41) is 7.56. The number of nitrogens with one attached hydrogen (secondary N) is 2. The monoisotopic (exact) mass is 357 g/mol. The molecule has 2 aromatic carbocycles. The highest BCUT2D eigenvalue weighted by Gasteiger charge is 2.06. The highest BCUT2D eigenvalue weighted by Crippen LogP contribution is 2.28. The van der Waals surface area contributed by atoms with Gasteiger partial charge in [0.05, 0.1) is 13.3 Å². The first kappa shape index (κ1) is 18.7. The summed E-state index contributed by atoms with van der Waals surface area (Å²) in [4.78, 5) is 0. The molecule has 0 aliphatic heterocycles. The van der Waals surface area contributed by atoms with Crippen molar-refractivity contribution in [1.29, 1.82) is 0 Å². The Hall–Kier alpha value is -2.60. The molecule has 0 saturated heterocycles. The molecular weight excluding hydrogens is 334 g/mol. The molecule has 0 fully saturated rings. The van der Waals surface area contributed by atoms with E-state index in [9.17, 15) is 0 Å². The predicted octanol–water partition coefficient (Wildman–Crippen LogP) is 3.40. The molecule has 132 valence electrons. The summed E-state index contributed by atoms with van der Waals surface area (Å²) < 4.78 is 11.3. The molecule has 2 N–H and O–H groups in total. The Balaban J connectivity index is 2.04. The number of hydrogen-bond donors (Lipinski definition) is 2. The second kappa shape index (κ2) is 9.64. The third kappa shape index (κ3) is 6.08. The van der Waals surface area contributed by atoms with Crippen molar-refractivity contribution in [3.63, 3.8) is 0 Å². The smallest absolute Gasteiger partial charge is 0.186 e. The fraction of sp³-hybridized carbons (Fsp3) is 0.263. The van der Waals surface area contributed by atoms with Gasteiger partial charge in [-0.2, -0.15) is 5.10 Å². The Bertz CT molecular complexity index is 730. The normalized spacial score (nSPS) is 10.5. The van der Waals surface area contributed by atoms with E-state index < -0.39 is 0 Å². The number of rotatable bonds is 7. The van der Waals surface area contributed by atoms with Crippen molar-refractivity contribution in [3.05, 3.63) is 59.2 Å². The number of aryl methyl sites for hydroxylation is 1. The summed E-state index contributed by atoms with van der Waals surface area (Å²) in [6, 6.07) is 13.9. The second-order valence-corrected chi connectivity index (χ2v) is 5.82. The van der Waals surface area contributed by atoms with E-state index in [1.165, 1.54) is 5.56 Å². The van der Waals surface area contributed by atoms with Crippen LogP contribution in [-0.4, -0.2) is 25.0 Å². The highest BCUT2D eigenvalue weighted by molar-refractivity contribution is 7.80. The standard InChI is InChI=1S/C19H23N3O2S/c1-4-20-19(25)22-21-12-16-9-10-17(23-3)18(11-16)24-13-15-7-5-14(2)6-8-15/h5-12H,4,13H2,1-3H3,(H2,20,22,25)/b21-12+. The zero-order valence-corrected chi connectivity index (χ0v) is 15.5. The average molecular weight is 357 g/mol. The minimum atomic E-state index is 0.472. The number of ether oxygens (including phenoxy) is 2. The van der Waals surface area contributed by atoms with Gasteiger partial charge < -0.3 is 14.8 Å². The van der Waals surface area contributed by atoms with E-state index in [1.54, 1.807) is 13.3 Å². The van der Waals surface area contributed by atoms with Gasteiger partial charge >= 0.3 is 0 Å². The molecule has 6 heteroatoms. The second-order valence-electron chi connectivity index (χ2n) is 5.41. The van der Waals surface area contributed by atoms with Crippen molar-refractivity contribution in [3.8, 4) is 11.5 Å². The molecule has 0 spiro atoms. The van der Waals surface area contributed by atoms with Gasteiger partial charge in [-0.25, -0.2) is 0 Å². The van der Waals surface area contributed by atoms with Crippen molar-refractivity contribution < 1.29 is 9.47 Å². The van der Waals surface area contributed by atoms with Crippen molar-refractivity contribution >= 4 is 23.5 Å². The van der Waals surface area contributed by atoms with Gasteiger partial charge in [-0.05, 0) is 55.4 Å². The fourth-order valence-corrected chi connectivity index (χ4v) is 2.29. The molecule has 2 rings (SSSR count). The van der Waals surface area contributed by atoms with Crippen LogP contribution < -0.4 is 20.2 Å². The van der Waals surface area contributed by atoms with Crippen LogP contribution in [0.2, 0.25) is 0 Å². The van der Waals surface area contributed by atoms with Crippen LogP contribution >= 0.6 is 12.2 Å². The predicted molar refractivity (Wildman–Crippen MR) is 106 cm³/mol. The first-order valence-corrected chi connectivity index (χ1v) is 8.46. The molecular formula is C19H23N3O2S. The van der Waals surface area contributed by atoms with Crippen LogP contribution in [0.15, 0.2) is 47.6 Å². The molecule has 25 heavy (non-hydrogen) atoms. The average Bonchev–Trinajstić information content (AvgIpc) is 2.61. The molecule has 0 bridgehead atoms. The molecule has 0 saturated carbocycles. The van der Waals surface area contributed by atoms with Crippen LogP contribution in [-0.2, 0) is 6.61 Å². The van der Waals surface area contributed by atoms with Gasteiger partial charge in [0, 0.05) is 6.54 Å². The van der Waals surface area contributed by atoms with Crippen LogP contribution in [0.4, 0.5) is 0 Å². The van der Waals surface area contributed by atoms with Crippen molar-refractivity contribution in [2.24, 2.45) is 5.10 Å². The summed E-state index contributed by atoms with van der Waals surface area (Å²) in [5.74, 6) is 1.35. The van der Waals surface area contributed by atoms with Crippen LogP contribution in [0.1, 0.15) is 23.6 Å². The lowest BCUT2D eigenvalue weighted by atomic mass is 10.1. The highest BCUT2D eigenvalue weighted by atomic mass is 32.1. The maximum Gasteiger partial charge on any atom is 0.186 e. The van der Waals surface area contributed by atoms with Crippen molar-refractivity contribution in [2.45, 2.75) is 20.5 Å². The molecule has 0 aliphatic carbocycles. The summed E-state index contributed by atoms with van der Waals surface area (Å²) in [6.07, 6.45) is 1.68. The van der Waals surface area contributed by atoms with Gasteiger partial charge in [0.25, 0.3) is 0 Å². The van der Waals surface area contributed by atoms with E-state index in [2.05, 4.69) is 47.0 Å². The van der Waals surface area contributed by atoms with Crippen molar-refractivity contribution in [2.75, 3.05) is 13.7 Å². The van der Waals surface area contributed by atoms with E-state index >= 15 is 0 Å². The van der Waals surface area contributed by atoms with Gasteiger partial charge in [0.1, 0.15) is 6.61 Å². The molecule has 0 aromatic heterocycles. The topological polar surface area (TPSA) is 54.9 Å². The van der Waals surface area contributed by atoms with Crippen LogP contribution in [0, 0.1) is 6.92 Å². The Kier molecular flexibility index (Phi) is 7.22. The summed E-state index contributed by atoms with van der Waals surface area (Å²) >= 11 is 5.06. The lowest BCUT2D eigenvalue weighted by Crippen LogP contribution is -2.31. The first-order valence-electron chi connectivity index (χ1n) is 8.05. The molecule has 0 radical (unpaired) electrons. The maximum absolute atomic E-state index is 5.92. The van der Waals surface area contributed by atoms with Crippen LogP contribution in [0.25, 0.3) is 0 Å². The quantitative estimate of drug-likeness (QED) is 0.452. The molecule has 0 amide bonds. The van der Waals surface area contributed by atoms with Gasteiger partial charge in [0.2, 0.25) is 0 Å². The number of methoxy groups -OCH3 is 1. The Morgan fingerprint density at radius 1 is 1.16 bits per heavy atom. The van der Waals surface area contributed by atoms with Crippen LogP contribution in [0.5, 0.6) is 11.5 Å². The number of nitrogens with zero attached hydrogens (tertiary/aromatic N) is 1. The Labute approximate surface area is 154 Å². The molecule has 0 heterocycles. The molecule has 0 aliphatic rings. The number of thiocarbonyl (C=S) groups is 1. The van der Waals surface area contributed by atoms with Gasteiger partial charge in [-0.3, -0.25) is 5.43 Å². The SMILES string of the molecule is CCNC(=S)N/N=C/c1ccc(OC)c(OCc2ccc(C)cc2)c1. The van der Waals surface area contributed by atoms with E-state index in [0.717, 1.165) is 17.7 Å². The lowest BCUT2D eigenvalue weighted by Gasteiger charge is -2.11. The third-order valence-electron chi connectivity index (χ3n) is 3.42. The van der Waals surface area contributed by atoms with Gasteiger partial charge in [-0.1, -0.05) is 29.8 Å². The first-order chi connectivity index (χ1) is 12.1. The summed E-state index contributed by atoms with van der Waals surface area (Å²) in [5.41, 5.74) is 5.97. The molecule has 2 aromatic rings. The summed E-state index contributed by atoms with van der Waals surface area (Å²) in [6.45, 7) is 5.26. The largest absolute Gasteiger partial charge is 0.493 e. The third-order valence-corrected chi connectivity index (χ3v) is 3.66. The van der Waals surface area contributed by atoms with E-state index in [0.29, 0.717) is 23.2 Å². The van der Waals surface area contributed by atoms with E-state index in [-0.39, 0.29) is 0 Å². The minimum Gasteiger partial charge on any atom is -0.493 e. The Morgan fingerprint density at radius 3 is 2.60 bits per heavy atom. The molecule has 5 nitrogen and oxygen atoms in total. The summed E-state index contributed by atoms with van der Waals surface area (Å²) in [7, 11) is 1.62. The lowest BCUT2D eigenvalue weighted by molar-refractivity contribution is 0.284. The van der Waals surface area contributed by atoms with Gasteiger partial charge in [-0.15, -0.1) is 0 Å². The maximum atomic E-state index is 5.92. The minimum absolute atomic E-state index is 0.472. The zero-order valence-electron chi connectivity index (χ0n) is 14.7. The van der Waals surface area contributed by atoms with E-state index in [4.69, 9.17) is 21.7 Å².